The lowest BCUT2D eigenvalue weighted by atomic mass is 10.3. The van der Waals surface area contributed by atoms with E-state index in [4.69, 9.17) is 12.2 Å². The van der Waals surface area contributed by atoms with Crippen molar-refractivity contribution >= 4 is 35.1 Å². The van der Waals surface area contributed by atoms with Gasteiger partial charge in [-0.1, -0.05) is 6.07 Å². The van der Waals surface area contributed by atoms with Crippen LogP contribution in [0.3, 0.4) is 0 Å². The Morgan fingerprint density at radius 2 is 2.04 bits per heavy atom. The standard InChI is InChI=1S/C16H13F3N4O2S2/c17-16(18,19)9-25-11-5-3-10(4-6-11)20-13(24)8-23-14(21-22-15(23)26)12-2-1-7-27-12/h1-7H,8-9H2,(H,20,24)(H,22,26). The Kier molecular flexibility index (Phi) is 5.61. The topological polar surface area (TPSA) is 71.9 Å². The normalized spacial score (nSPS) is 11.4. The van der Waals surface area contributed by atoms with Gasteiger partial charge in [0.1, 0.15) is 12.3 Å². The lowest BCUT2D eigenvalue weighted by Gasteiger charge is -2.10. The van der Waals surface area contributed by atoms with E-state index in [1.807, 2.05) is 17.5 Å². The number of hydrogen-bond donors (Lipinski definition) is 2. The number of carbonyl (C=O) groups is 1. The zero-order valence-electron chi connectivity index (χ0n) is 13.6. The van der Waals surface area contributed by atoms with Crippen molar-refractivity contribution < 1.29 is 22.7 Å². The second kappa shape index (κ2) is 7.92. The maximum absolute atomic E-state index is 12.3. The van der Waals surface area contributed by atoms with Crippen molar-refractivity contribution in [2.24, 2.45) is 0 Å². The first kappa shape index (κ1) is 19.1. The number of halogens is 3. The molecule has 3 rings (SSSR count). The van der Waals surface area contributed by atoms with Gasteiger partial charge in [0.2, 0.25) is 5.91 Å². The summed E-state index contributed by atoms with van der Waals surface area (Å²) in [5.41, 5.74) is 0.423. The lowest BCUT2D eigenvalue weighted by molar-refractivity contribution is -0.153. The summed E-state index contributed by atoms with van der Waals surface area (Å²) >= 11 is 6.63. The number of aromatic nitrogens is 3. The van der Waals surface area contributed by atoms with E-state index in [1.54, 1.807) is 4.57 Å². The van der Waals surface area contributed by atoms with Crippen molar-refractivity contribution in [3.05, 3.63) is 46.5 Å². The summed E-state index contributed by atoms with van der Waals surface area (Å²) in [5.74, 6) is 0.262. The number of alkyl halides is 3. The third kappa shape index (κ3) is 5.17. The van der Waals surface area contributed by atoms with Gasteiger partial charge in [-0.2, -0.15) is 18.3 Å². The first-order valence-electron chi connectivity index (χ1n) is 7.60. The van der Waals surface area contributed by atoms with E-state index in [0.717, 1.165) is 4.88 Å². The van der Waals surface area contributed by atoms with Crippen LogP contribution in [0, 0.1) is 4.77 Å². The summed E-state index contributed by atoms with van der Waals surface area (Å²) in [7, 11) is 0. The number of H-pyrrole nitrogens is 1. The quantitative estimate of drug-likeness (QED) is 0.592. The minimum absolute atomic E-state index is 0.0577. The highest BCUT2D eigenvalue weighted by atomic mass is 32.1. The van der Waals surface area contributed by atoms with E-state index in [1.165, 1.54) is 35.6 Å². The Labute approximate surface area is 160 Å². The average Bonchev–Trinajstić information content (AvgIpc) is 3.24. The largest absolute Gasteiger partial charge is 0.484 e. The monoisotopic (exact) mass is 414 g/mol. The van der Waals surface area contributed by atoms with Crippen molar-refractivity contribution in [1.29, 1.82) is 0 Å². The van der Waals surface area contributed by atoms with Crippen LogP contribution in [0.2, 0.25) is 0 Å². The van der Waals surface area contributed by atoms with E-state index in [2.05, 4.69) is 20.3 Å². The molecule has 1 aromatic carbocycles. The minimum Gasteiger partial charge on any atom is -0.484 e. The SMILES string of the molecule is O=C(Cn1c(-c2cccs2)n[nH]c1=S)Nc1ccc(OCC(F)(F)F)cc1. The van der Waals surface area contributed by atoms with Crippen LogP contribution in [0.25, 0.3) is 10.7 Å². The summed E-state index contributed by atoms with van der Waals surface area (Å²) in [6, 6.07) is 9.34. The summed E-state index contributed by atoms with van der Waals surface area (Å²) < 4.78 is 42.9. The molecule has 0 unspecified atom stereocenters. The first-order chi connectivity index (χ1) is 12.8. The molecule has 0 bridgehead atoms. The van der Waals surface area contributed by atoms with E-state index >= 15 is 0 Å². The fraction of sp³-hybridized carbons (Fsp3) is 0.188. The smallest absolute Gasteiger partial charge is 0.422 e. The van der Waals surface area contributed by atoms with Crippen molar-refractivity contribution in [3.63, 3.8) is 0 Å². The van der Waals surface area contributed by atoms with Gasteiger partial charge in [0.25, 0.3) is 0 Å². The highest BCUT2D eigenvalue weighted by Gasteiger charge is 2.28. The number of ether oxygens (including phenoxy) is 1. The van der Waals surface area contributed by atoms with Crippen molar-refractivity contribution in [1.82, 2.24) is 14.8 Å². The molecular formula is C16H13F3N4O2S2. The van der Waals surface area contributed by atoms with Crippen LogP contribution in [0.5, 0.6) is 5.75 Å². The van der Waals surface area contributed by atoms with Crippen molar-refractivity contribution in [2.45, 2.75) is 12.7 Å². The lowest BCUT2D eigenvalue weighted by Crippen LogP contribution is -2.20. The Morgan fingerprint density at radius 3 is 2.67 bits per heavy atom. The third-order valence-corrected chi connectivity index (χ3v) is 4.52. The molecule has 1 amide bonds. The van der Waals surface area contributed by atoms with Crippen LogP contribution >= 0.6 is 23.6 Å². The molecule has 11 heteroatoms. The predicted octanol–water partition coefficient (Wildman–Crippen LogP) is 4.25. The molecule has 6 nitrogen and oxygen atoms in total. The molecule has 2 aromatic heterocycles. The molecule has 0 aliphatic heterocycles. The van der Waals surface area contributed by atoms with Gasteiger partial charge in [-0.05, 0) is 47.9 Å². The van der Waals surface area contributed by atoms with Crippen molar-refractivity contribution in [3.8, 4) is 16.5 Å². The fourth-order valence-electron chi connectivity index (χ4n) is 2.20. The van der Waals surface area contributed by atoms with Gasteiger partial charge >= 0.3 is 6.18 Å². The number of aromatic amines is 1. The fourth-order valence-corrected chi connectivity index (χ4v) is 3.12. The molecule has 0 spiro atoms. The van der Waals surface area contributed by atoms with E-state index in [0.29, 0.717) is 16.3 Å². The van der Waals surface area contributed by atoms with Gasteiger partial charge in [-0.15, -0.1) is 11.3 Å². The molecule has 2 N–H and O–H groups in total. The number of amides is 1. The molecule has 0 aliphatic rings. The number of carbonyl (C=O) groups excluding carboxylic acids is 1. The maximum Gasteiger partial charge on any atom is 0.422 e. The number of benzene rings is 1. The number of nitrogens with one attached hydrogen (secondary N) is 2. The Bertz CT molecular complexity index is 963. The second-order valence-corrected chi connectivity index (χ2v) is 6.73. The highest BCUT2D eigenvalue weighted by Crippen LogP contribution is 2.23. The number of rotatable bonds is 6. The van der Waals surface area contributed by atoms with Gasteiger partial charge in [-0.3, -0.25) is 14.5 Å². The van der Waals surface area contributed by atoms with E-state index in [9.17, 15) is 18.0 Å². The molecule has 3 aromatic rings. The first-order valence-corrected chi connectivity index (χ1v) is 8.89. The van der Waals surface area contributed by atoms with Gasteiger partial charge in [0.15, 0.2) is 17.2 Å². The van der Waals surface area contributed by atoms with Gasteiger partial charge in [0.05, 0.1) is 4.88 Å². The molecular weight excluding hydrogens is 401 g/mol. The van der Waals surface area contributed by atoms with Gasteiger partial charge < -0.3 is 10.1 Å². The van der Waals surface area contributed by atoms with Gasteiger partial charge in [0, 0.05) is 5.69 Å². The molecule has 2 heterocycles. The summed E-state index contributed by atoms with van der Waals surface area (Å²) in [5, 5.41) is 11.3. The zero-order chi connectivity index (χ0) is 19.4. The molecule has 0 atom stereocenters. The molecule has 0 saturated heterocycles. The Morgan fingerprint density at radius 1 is 1.30 bits per heavy atom. The maximum atomic E-state index is 12.3. The number of hydrogen-bond acceptors (Lipinski definition) is 5. The highest BCUT2D eigenvalue weighted by molar-refractivity contribution is 7.71. The molecule has 0 aliphatic carbocycles. The molecule has 142 valence electrons. The van der Waals surface area contributed by atoms with E-state index < -0.39 is 12.8 Å². The van der Waals surface area contributed by atoms with Crippen LogP contribution in [-0.2, 0) is 11.3 Å². The summed E-state index contributed by atoms with van der Waals surface area (Å²) in [6.45, 7) is -1.43. The van der Waals surface area contributed by atoms with Gasteiger partial charge in [-0.25, -0.2) is 0 Å². The van der Waals surface area contributed by atoms with Crippen LogP contribution in [0.1, 0.15) is 0 Å². The van der Waals surface area contributed by atoms with Crippen molar-refractivity contribution in [2.75, 3.05) is 11.9 Å². The number of thiophene rings is 1. The Balaban J connectivity index is 1.64. The van der Waals surface area contributed by atoms with Crippen LogP contribution in [-0.4, -0.2) is 33.5 Å². The third-order valence-electron chi connectivity index (χ3n) is 3.34. The number of nitrogens with zero attached hydrogens (tertiary/aromatic N) is 2. The minimum atomic E-state index is -4.41. The molecule has 0 radical (unpaired) electrons. The van der Waals surface area contributed by atoms with Crippen LogP contribution in [0.4, 0.5) is 18.9 Å². The van der Waals surface area contributed by atoms with E-state index in [-0.39, 0.29) is 18.2 Å². The van der Waals surface area contributed by atoms with Crippen LogP contribution < -0.4 is 10.1 Å². The summed E-state index contributed by atoms with van der Waals surface area (Å²) in [4.78, 5) is 13.2. The predicted molar refractivity (Wildman–Crippen MR) is 97.3 cm³/mol. The Hall–Kier alpha value is -2.66. The zero-order valence-corrected chi connectivity index (χ0v) is 15.2. The summed E-state index contributed by atoms with van der Waals surface area (Å²) in [6.07, 6.45) is -4.41. The molecule has 27 heavy (non-hydrogen) atoms. The molecule has 0 fully saturated rings. The average molecular weight is 414 g/mol. The number of anilines is 1. The van der Waals surface area contributed by atoms with Crippen LogP contribution in [0.15, 0.2) is 41.8 Å². The second-order valence-electron chi connectivity index (χ2n) is 5.39. The molecule has 0 saturated carbocycles.